The van der Waals surface area contributed by atoms with Gasteiger partial charge in [-0.1, -0.05) is 0 Å². The Hall–Kier alpha value is -4.53. The SMILES string of the molecule is CC(C)n1c(-c2ccoc2)nc2cc(C(=O)N[C@@H](Cc3c[nH]c4ccc(O)cc34)C(=O)O)ccc21. The zero-order valence-corrected chi connectivity index (χ0v) is 19.1. The number of hydrogen-bond acceptors (Lipinski definition) is 5. The van der Waals surface area contributed by atoms with Gasteiger partial charge in [-0.15, -0.1) is 0 Å². The summed E-state index contributed by atoms with van der Waals surface area (Å²) in [6, 6.07) is 10.8. The maximum absolute atomic E-state index is 13.0. The Morgan fingerprint density at radius 3 is 2.71 bits per heavy atom. The molecule has 0 saturated carbocycles. The predicted molar refractivity (Wildman–Crippen MR) is 130 cm³/mol. The third-order valence-corrected chi connectivity index (χ3v) is 6.03. The Labute approximate surface area is 200 Å². The van der Waals surface area contributed by atoms with Crippen molar-refractivity contribution >= 4 is 33.8 Å². The van der Waals surface area contributed by atoms with Gasteiger partial charge >= 0.3 is 5.97 Å². The highest BCUT2D eigenvalue weighted by Gasteiger charge is 2.24. The predicted octanol–water partition coefficient (Wildman–Crippen LogP) is 4.49. The van der Waals surface area contributed by atoms with Gasteiger partial charge in [0.15, 0.2) is 0 Å². The van der Waals surface area contributed by atoms with Gasteiger partial charge < -0.3 is 29.5 Å². The van der Waals surface area contributed by atoms with Crippen molar-refractivity contribution in [1.82, 2.24) is 19.9 Å². The van der Waals surface area contributed by atoms with E-state index in [4.69, 9.17) is 9.40 Å². The minimum absolute atomic E-state index is 0.0549. The number of benzene rings is 2. The number of hydrogen-bond donors (Lipinski definition) is 4. The highest BCUT2D eigenvalue weighted by Crippen LogP contribution is 2.29. The van der Waals surface area contributed by atoms with Crippen molar-refractivity contribution in [1.29, 1.82) is 0 Å². The monoisotopic (exact) mass is 472 g/mol. The lowest BCUT2D eigenvalue weighted by Gasteiger charge is -2.15. The fourth-order valence-electron chi connectivity index (χ4n) is 4.35. The zero-order valence-electron chi connectivity index (χ0n) is 19.1. The van der Waals surface area contributed by atoms with Crippen LogP contribution in [-0.2, 0) is 11.2 Å². The van der Waals surface area contributed by atoms with Gasteiger partial charge in [0.05, 0.1) is 22.9 Å². The normalized spacial score (nSPS) is 12.4. The number of H-pyrrole nitrogens is 1. The van der Waals surface area contributed by atoms with Crippen LogP contribution in [0.2, 0.25) is 0 Å². The molecule has 4 N–H and O–H groups in total. The first kappa shape index (κ1) is 22.3. The standard InChI is InChI=1S/C26H24N4O5/c1-14(2)30-23-6-3-15(9-21(23)28-24(30)16-7-8-35-13-16)25(32)29-22(26(33)34)10-17-12-27-20-5-4-18(31)11-19(17)20/h3-9,11-14,22,27,31H,10H2,1-2H3,(H,29,32)(H,33,34)/t22-/m0/s1. The van der Waals surface area contributed by atoms with Crippen molar-refractivity contribution in [3.8, 4) is 17.1 Å². The lowest BCUT2D eigenvalue weighted by molar-refractivity contribution is -0.139. The topological polar surface area (TPSA) is 133 Å². The van der Waals surface area contributed by atoms with Crippen molar-refractivity contribution in [2.45, 2.75) is 32.4 Å². The number of aromatic nitrogens is 3. The maximum atomic E-state index is 13.0. The molecule has 3 aromatic heterocycles. The van der Waals surface area contributed by atoms with E-state index < -0.39 is 17.9 Å². The Bertz CT molecular complexity index is 1550. The molecule has 1 atom stereocenters. The highest BCUT2D eigenvalue weighted by atomic mass is 16.4. The molecule has 0 unspecified atom stereocenters. The number of carboxylic acids is 1. The lowest BCUT2D eigenvalue weighted by Crippen LogP contribution is -2.42. The molecule has 3 heterocycles. The Morgan fingerprint density at radius 2 is 2.00 bits per heavy atom. The van der Waals surface area contributed by atoms with Crippen LogP contribution in [0, 0.1) is 0 Å². The van der Waals surface area contributed by atoms with Gasteiger partial charge in [0, 0.05) is 35.1 Å². The number of aliphatic carboxylic acids is 1. The van der Waals surface area contributed by atoms with E-state index in [0.717, 1.165) is 22.4 Å². The molecule has 0 fully saturated rings. The molecule has 1 amide bonds. The van der Waals surface area contributed by atoms with Gasteiger partial charge in [0.1, 0.15) is 23.9 Å². The minimum atomic E-state index is -1.16. The Morgan fingerprint density at radius 1 is 1.17 bits per heavy atom. The number of aromatic amines is 1. The van der Waals surface area contributed by atoms with Crippen LogP contribution < -0.4 is 5.32 Å². The molecular formula is C26H24N4O5. The summed E-state index contributed by atoms with van der Waals surface area (Å²) < 4.78 is 7.28. The van der Waals surface area contributed by atoms with Gasteiger partial charge in [-0.25, -0.2) is 9.78 Å². The van der Waals surface area contributed by atoms with E-state index in [1.54, 1.807) is 49.1 Å². The van der Waals surface area contributed by atoms with Gasteiger partial charge in [-0.3, -0.25) is 4.79 Å². The average molecular weight is 473 g/mol. The number of phenols is 1. The molecule has 2 aromatic carbocycles. The molecule has 178 valence electrons. The van der Waals surface area contributed by atoms with Crippen LogP contribution in [0.3, 0.4) is 0 Å². The second-order valence-electron chi connectivity index (χ2n) is 8.73. The number of rotatable bonds is 7. The summed E-state index contributed by atoms with van der Waals surface area (Å²) in [4.78, 5) is 32.8. The first-order valence-electron chi connectivity index (χ1n) is 11.2. The number of amides is 1. The van der Waals surface area contributed by atoms with E-state index in [2.05, 4.69) is 14.9 Å². The van der Waals surface area contributed by atoms with E-state index in [1.807, 2.05) is 26.0 Å². The summed E-state index contributed by atoms with van der Waals surface area (Å²) in [5.74, 6) is -0.850. The molecule has 9 nitrogen and oxygen atoms in total. The number of fused-ring (bicyclic) bond motifs is 2. The number of carboxylic acid groups (broad SMARTS) is 1. The van der Waals surface area contributed by atoms with Gasteiger partial charge in [-0.2, -0.15) is 0 Å². The lowest BCUT2D eigenvalue weighted by atomic mass is 10.0. The minimum Gasteiger partial charge on any atom is -0.508 e. The van der Waals surface area contributed by atoms with Gasteiger partial charge in [0.25, 0.3) is 5.91 Å². The molecule has 0 aliphatic rings. The van der Waals surface area contributed by atoms with Crippen molar-refractivity contribution < 1.29 is 24.2 Å². The summed E-state index contributed by atoms with van der Waals surface area (Å²) in [7, 11) is 0. The smallest absolute Gasteiger partial charge is 0.326 e. The summed E-state index contributed by atoms with van der Waals surface area (Å²) in [5, 5.41) is 22.9. The first-order valence-corrected chi connectivity index (χ1v) is 11.2. The fourth-order valence-corrected chi connectivity index (χ4v) is 4.35. The van der Waals surface area contributed by atoms with E-state index in [1.165, 1.54) is 0 Å². The summed E-state index contributed by atoms with van der Waals surface area (Å²) in [6.45, 7) is 4.10. The van der Waals surface area contributed by atoms with Gasteiger partial charge in [-0.05, 0) is 61.9 Å². The number of imidazole rings is 1. The maximum Gasteiger partial charge on any atom is 0.326 e. The Balaban J connectivity index is 1.43. The quantitative estimate of drug-likeness (QED) is 0.276. The number of aromatic hydroxyl groups is 1. The van der Waals surface area contributed by atoms with Crippen molar-refractivity contribution in [2.75, 3.05) is 0 Å². The van der Waals surface area contributed by atoms with Crippen molar-refractivity contribution in [3.05, 3.63) is 72.3 Å². The molecular weight excluding hydrogens is 448 g/mol. The molecule has 0 radical (unpaired) electrons. The third-order valence-electron chi connectivity index (χ3n) is 6.03. The first-order chi connectivity index (χ1) is 16.8. The van der Waals surface area contributed by atoms with Crippen LogP contribution in [0.5, 0.6) is 5.75 Å². The van der Waals surface area contributed by atoms with Crippen LogP contribution in [0.15, 0.2) is 65.6 Å². The molecule has 0 aliphatic carbocycles. The molecule has 35 heavy (non-hydrogen) atoms. The second-order valence-corrected chi connectivity index (χ2v) is 8.73. The van der Waals surface area contributed by atoms with Crippen LogP contribution >= 0.6 is 0 Å². The summed E-state index contributed by atoms with van der Waals surface area (Å²) >= 11 is 0. The fraction of sp³-hybridized carbons (Fsp3) is 0.192. The summed E-state index contributed by atoms with van der Waals surface area (Å²) in [5.41, 5.74) is 4.08. The number of nitrogens with one attached hydrogen (secondary N) is 2. The largest absolute Gasteiger partial charge is 0.508 e. The van der Waals surface area contributed by atoms with Crippen LogP contribution in [-0.4, -0.2) is 42.7 Å². The van der Waals surface area contributed by atoms with E-state index in [-0.39, 0.29) is 18.2 Å². The summed E-state index contributed by atoms with van der Waals surface area (Å²) in [6.07, 6.45) is 4.95. The third kappa shape index (κ3) is 4.12. The van der Waals surface area contributed by atoms with E-state index >= 15 is 0 Å². The van der Waals surface area contributed by atoms with Crippen LogP contribution in [0.25, 0.3) is 33.3 Å². The molecule has 0 spiro atoms. The molecule has 0 aliphatic heterocycles. The molecule has 5 rings (SSSR count). The zero-order chi connectivity index (χ0) is 24.7. The molecule has 5 aromatic rings. The van der Waals surface area contributed by atoms with E-state index in [0.29, 0.717) is 22.0 Å². The van der Waals surface area contributed by atoms with Crippen LogP contribution in [0.4, 0.5) is 0 Å². The number of carbonyl (C=O) groups is 2. The second kappa shape index (κ2) is 8.68. The number of nitrogens with zero attached hydrogens (tertiary/aromatic N) is 2. The van der Waals surface area contributed by atoms with Crippen molar-refractivity contribution in [2.24, 2.45) is 0 Å². The van der Waals surface area contributed by atoms with Crippen LogP contribution in [0.1, 0.15) is 35.8 Å². The van der Waals surface area contributed by atoms with Gasteiger partial charge in [0.2, 0.25) is 0 Å². The van der Waals surface area contributed by atoms with E-state index in [9.17, 15) is 19.8 Å². The Kier molecular flexibility index (Phi) is 5.52. The number of carbonyl (C=O) groups excluding carboxylic acids is 1. The number of phenolic OH excluding ortho intramolecular Hbond substituents is 1. The van der Waals surface area contributed by atoms with Crippen molar-refractivity contribution in [3.63, 3.8) is 0 Å². The average Bonchev–Trinajstić information content (AvgIpc) is 3.56. The number of furan rings is 1. The molecule has 0 bridgehead atoms. The molecule has 9 heteroatoms. The molecule has 0 saturated heterocycles. The highest BCUT2D eigenvalue weighted by molar-refractivity contribution is 5.99.